The van der Waals surface area contributed by atoms with Gasteiger partial charge in [0.1, 0.15) is 12.5 Å². The summed E-state index contributed by atoms with van der Waals surface area (Å²) in [6, 6.07) is 7.37. The van der Waals surface area contributed by atoms with Gasteiger partial charge in [0.2, 0.25) is 0 Å². The molecule has 4 heteroatoms. The minimum Gasteiger partial charge on any atom is -0.356 e. The maximum Gasteiger partial charge on any atom is 0.132 e. The van der Waals surface area contributed by atoms with Crippen LogP contribution in [0.25, 0.3) is 0 Å². The predicted octanol–water partition coefficient (Wildman–Crippen LogP) is 3.24. The molecule has 0 saturated carbocycles. The largest absolute Gasteiger partial charge is 0.356 e. The van der Waals surface area contributed by atoms with Crippen LogP contribution in [0.3, 0.4) is 0 Å². The maximum absolute atomic E-state index is 12.6. The van der Waals surface area contributed by atoms with E-state index in [0.717, 1.165) is 31.7 Å². The zero-order chi connectivity index (χ0) is 13.2. The second-order valence-corrected chi connectivity index (χ2v) is 3.93. The van der Waals surface area contributed by atoms with Gasteiger partial charge in [0.25, 0.3) is 0 Å². The molecule has 0 N–H and O–H groups in total. The van der Waals surface area contributed by atoms with E-state index in [9.17, 15) is 4.39 Å². The molecule has 0 aliphatic rings. The first-order valence-corrected chi connectivity index (χ1v) is 6.13. The van der Waals surface area contributed by atoms with Crippen LogP contribution in [0.2, 0.25) is 0 Å². The molecule has 0 aliphatic carbocycles. The molecule has 0 unspecified atom stereocenters. The highest BCUT2D eigenvalue weighted by Crippen LogP contribution is 2.13. The second kappa shape index (κ2) is 8.24. The molecule has 0 bridgehead atoms. The number of anilines is 1. The molecular formula is C14H18FN3. The number of nitrogens with zero attached hydrogens (tertiary/aromatic N) is 3. The molecule has 0 saturated heterocycles. The Morgan fingerprint density at radius 1 is 1.44 bits per heavy atom. The normalized spacial score (nSPS) is 10.5. The topological polar surface area (TPSA) is 39.9 Å². The predicted molar refractivity (Wildman–Crippen MR) is 70.9 cm³/mol. The van der Waals surface area contributed by atoms with Gasteiger partial charge in [-0.2, -0.15) is 5.26 Å². The average Bonchev–Trinajstić information content (AvgIpc) is 2.42. The highest BCUT2D eigenvalue weighted by atomic mass is 19.1. The Hall–Kier alpha value is -1.89. The Balaban J connectivity index is 2.70. The first-order valence-electron chi connectivity index (χ1n) is 6.13. The molecular weight excluding hydrogens is 229 g/mol. The van der Waals surface area contributed by atoms with E-state index in [2.05, 4.69) is 16.8 Å². The lowest BCUT2D eigenvalue weighted by atomic mass is 10.3. The summed E-state index contributed by atoms with van der Waals surface area (Å²) in [5.41, 5.74) is 0.459. The fourth-order valence-electron chi connectivity index (χ4n) is 1.69. The molecule has 0 aromatic carbocycles. The molecule has 3 nitrogen and oxygen atoms in total. The van der Waals surface area contributed by atoms with Gasteiger partial charge in [-0.15, -0.1) is 0 Å². The van der Waals surface area contributed by atoms with Gasteiger partial charge in [-0.25, -0.2) is 9.37 Å². The monoisotopic (exact) mass is 247 g/mol. The summed E-state index contributed by atoms with van der Waals surface area (Å²) in [6.45, 7) is 3.22. The van der Waals surface area contributed by atoms with Gasteiger partial charge in [-0.1, -0.05) is 19.1 Å². The van der Waals surface area contributed by atoms with Gasteiger partial charge >= 0.3 is 0 Å². The Bertz CT molecular complexity index is 423. The van der Waals surface area contributed by atoms with Crippen LogP contribution in [-0.4, -0.2) is 18.1 Å². The lowest BCUT2D eigenvalue weighted by molar-refractivity contribution is 0.476. The summed E-state index contributed by atoms with van der Waals surface area (Å²) in [5, 5.41) is 8.42. The van der Waals surface area contributed by atoms with E-state index >= 15 is 0 Å². The van der Waals surface area contributed by atoms with E-state index in [1.807, 2.05) is 24.3 Å². The summed E-state index contributed by atoms with van der Waals surface area (Å²) in [6.07, 6.45) is 5.11. The van der Waals surface area contributed by atoms with Gasteiger partial charge in [0.05, 0.1) is 11.8 Å². The number of aromatic nitrogens is 1. The fourth-order valence-corrected chi connectivity index (χ4v) is 1.69. The van der Waals surface area contributed by atoms with Crippen LogP contribution in [0.1, 0.15) is 25.5 Å². The van der Waals surface area contributed by atoms with E-state index in [-0.39, 0.29) is 0 Å². The number of halogens is 1. The number of nitriles is 1. The number of allylic oxidation sites excluding steroid dienone is 1. The Morgan fingerprint density at radius 2 is 2.28 bits per heavy atom. The maximum atomic E-state index is 12.6. The lowest BCUT2D eigenvalue weighted by Crippen LogP contribution is -2.26. The number of pyridine rings is 1. The average molecular weight is 247 g/mol. The standard InChI is InChI=1S/C14H18FN3/c1-2-10-18(11-5-3-4-9-16)14-8-6-7-13(12-15)17-14/h3-4,6-8H,2,5,10-12H2,1H3/b4-3+. The highest BCUT2D eigenvalue weighted by Gasteiger charge is 2.06. The van der Waals surface area contributed by atoms with Crippen molar-refractivity contribution in [3.63, 3.8) is 0 Å². The van der Waals surface area contributed by atoms with Crippen molar-refractivity contribution in [3.8, 4) is 6.07 Å². The summed E-state index contributed by atoms with van der Waals surface area (Å²) >= 11 is 0. The molecule has 0 amide bonds. The molecule has 0 aliphatic heterocycles. The van der Waals surface area contributed by atoms with Crippen LogP contribution in [0.15, 0.2) is 30.4 Å². The number of rotatable bonds is 7. The van der Waals surface area contributed by atoms with Crippen LogP contribution in [0.5, 0.6) is 0 Å². The zero-order valence-electron chi connectivity index (χ0n) is 10.6. The SMILES string of the molecule is CCCN(CC/C=C/C#N)c1cccc(CF)n1. The second-order valence-electron chi connectivity index (χ2n) is 3.93. The molecule has 0 spiro atoms. The summed E-state index contributed by atoms with van der Waals surface area (Å²) < 4.78 is 12.6. The van der Waals surface area contributed by atoms with Crippen molar-refractivity contribution in [2.75, 3.05) is 18.0 Å². The van der Waals surface area contributed by atoms with E-state index in [1.54, 1.807) is 6.07 Å². The fraction of sp³-hybridized carbons (Fsp3) is 0.429. The third-order valence-corrected chi connectivity index (χ3v) is 2.50. The highest BCUT2D eigenvalue weighted by molar-refractivity contribution is 5.39. The van der Waals surface area contributed by atoms with Crippen LogP contribution in [0.4, 0.5) is 10.2 Å². The van der Waals surface area contributed by atoms with E-state index in [1.165, 1.54) is 6.08 Å². The first kappa shape index (κ1) is 14.2. The Kier molecular flexibility index (Phi) is 6.49. The molecule has 0 radical (unpaired) electrons. The number of hydrogen-bond donors (Lipinski definition) is 0. The Labute approximate surface area is 108 Å². The molecule has 1 rings (SSSR count). The quantitative estimate of drug-likeness (QED) is 0.694. The summed E-state index contributed by atoms with van der Waals surface area (Å²) in [4.78, 5) is 6.38. The smallest absolute Gasteiger partial charge is 0.132 e. The molecule has 0 atom stereocenters. The van der Waals surface area contributed by atoms with Gasteiger partial charge in [0.15, 0.2) is 0 Å². The number of alkyl halides is 1. The van der Waals surface area contributed by atoms with Gasteiger partial charge in [-0.3, -0.25) is 0 Å². The summed E-state index contributed by atoms with van der Waals surface area (Å²) in [7, 11) is 0. The van der Waals surface area contributed by atoms with Gasteiger partial charge in [-0.05, 0) is 25.0 Å². The summed E-state index contributed by atoms with van der Waals surface area (Å²) in [5.74, 6) is 0.803. The molecule has 96 valence electrons. The molecule has 18 heavy (non-hydrogen) atoms. The van der Waals surface area contributed by atoms with Crippen molar-refractivity contribution in [3.05, 3.63) is 36.0 Å². The van der Waals surface area contributed by atoms with Crippen LogP contribution in [0, 0.1) is 11.3 Å². The van der Waals surface area contributed by atoms with Crippen molar-refractivity contribution in [1.29, 1.82) is 5.26 Å². The van der Waals surface area contributed by atoms with Crippen molar-refractivity contribution in [1.82, 2.24) is 4.98 Å². The van der Waals surface area contributed by atoms with Gasteiger partial charge < -0.3 is 4.90 Å². The third kappa shape index (κ3) is 4.54. The number of hydrogen-bond acceptors (Lipinski definition) is 3. The van der Waals surface area contributed by atoms with Crippen LogP contribution >= 0.6 is 0 Å². The van der Waals surface area contributed by atoms with Crippen molar-refractivity contribution in [2.45, 2.75) is 26.4 Å². The van der Waals surface area contributed by atoms with E-state index in [0.29, 0.717) is 5.69 Å². The van der Waals surface area contributed by atoms with Crippen LogP contribution in [-0.2, 0) is 6.67 Å². The van der Waals surface area contributed by atoms with Crippen molar-refractivity contribution >= 4 is 5.82 Å². The Morgan fingerprint density at radius 3 is 2.94 bits per heavy atom. The minimum absolute atomic E-state index is 0.459. The first-order chi connectivity index (χ1) is 8.81. The molecule has 1 heterocycles. The zero-order valence-corrected chi connectivity index (χ0v) is 10.6. The molecule has 1 aromatic heterocycles. The minimum atomic E-state index is -0.540. The van der Waals surface area contributed by atoms with E-state index in [4.69, 9.17) is 5.26 Å². The third-order valence-electron chi connectivity index (χ3n) is 2.50. The van der Waals surface area contributed by atoms with Crippen molar-refractivity contribution < 1.29 is 4.39 Å². The lowest BCUT2D eigenvalue weighted by Gasteiger charge is -2.22. The van der Waals surface area contributed by atoms with E-state index < -0.39 is 6.67 Å². The molecule has 0 fully saturated rings. The van der Waals surface area contributed by atoms with Gasteiger partial charge in [0, 0.05) is 19.2 Å². The van der Waals surface area contributed by atoms with Crippen molar-refractivity contribution in [2.24, 2.45) is 0 Å². The molecule has 1 aromatic rings. The van der Waals surface area contributed by atoms with Crippen LogP contribution < -0.4 is 4.90 Å².